The normalized spacial score (nSPS) is 20.7. The van der Waals surface area contributed by atoms with Crippen molar-refractivity contribution >= 4 is 14.4 Å². The molecule has 1 N–H and O–H groups in total. The van der Waals surface area contributed by atoms with Gasteiger partial charge >= 0.3 is 6.09 Å². The highest BCUT2D eigenvalue weighted by Crippen LogP contribution is 2.38. The molecule has 6 heteroatoms. The number of nitrogens with zero attached hydrogens (tertiary/aromatic N) is 1. The fraction of sp³-hybridized carbons (Fsp3) is 0.947. The average Bonchev–Trinajstić information content (AvgIpc) is 2.89. The van der Waals surface area contributed by atoms with Crippen molar-refractivity contribution in [3.63, 3.8) is 0 Å². The smallest absolute Gasteiger partial charge is 0.410 e. The van der Waals surface area contributed by atoms with Gasteiger partial charge in [-0.2, -0.15) is 0 Å². The summed E-state index contributed by atoms with van der Waals surface area (Å²) in [5, 5.41) is 9.67. The maximum absolute atomic E-state index is 12.5. The Balaban J connectivity index is 2.81. The summed E-state index contributed by atoms with van der Waals surface area (Å²) in [4.78, 5) is 14.4. The van der Waals surface area contributed by atoms with E-state index in [2.05, 4.69) is 33.9 Å². The number of rotatable bonds is 6. The Morgan fingerprint density at radius 2 is 1.84 bits per heavy atom. The third kappa shape index (κ3) is 6.57. The van der Waals surface area contributed by atoms with Crippen LogP contribution in [0.25, 0.3) is 0 Å². The van der Waals surface area contributed by atoms with Crippen LogP contribution in [-0.2, 0) is 9.16 Å². The molecule has 0 saturated carbocycles. The number of likely N-dealkylation sites (tertiary alicyclic amines) is 1. The second kappa shape index (κ2) is 8.40. The highest BCUT2D eigenvalue weighted by atomic mass is 28.4. The molecule has 0 aromatic heterocycles. The molecule has 1 amide bonds. The lowest BCUT2D eigenvalue weighted by Crippen LogP contribution is -2.47. The van der Waals surface area contributed by atoms with Crippen molar-refractivity contribution in [2.45, 2.75) is 90.6 Å². The van der Waals surface area contributed by atoms with Crippen LogP contribution in [0.15, 0.2) is 0 Å². The molecule has 1 aliphatic rings. The summed E-state index contributed by atoms with van der Waals surface area (Å²) < 4.78 is 12.0. The van der Waals surface area contributed by atoms with E-state index in [1.165, 1.54) is 0 Å². The van der Waals surface area contributed by atoms with Crippen molar-refractivity contribution < 1.29 is 19.1 Å². The first-order valence-electron chi connectivity index (χ1n) is 9.53. The second-order valence-corrected chi connectivity index (χ2v) is 14.5. The van der Waals surface area contributed by atoms with Crippen molar-refractivity contribution in [1.29, 1.82) is 0 Å². The van der Waals surface area contributed by atoms with Crippen molar-refractivity contribution in [2.75, 3.05) is 19.8 Å². The largest absolute Gasteiger partial charge is 0.444 e. The highest BCUT2D eigenvalue weighted by molar-refractivity contribution is 6.74. The Morgan fingerprint density at radius 1 is 1.24 bits per heavy atom. The minimum atomic E-state index is -1.85. The van der Waals surface area contributed by atoms with Gasteiger partial charge in [0, 0.05) is 31.7 Å². The van der Waals surface area contributed by atoms with Crippen LogP contribution >= 0.6 is 0 Å². The van der Waals surface area contributed by atoms with Gasteiger partial charge in [-0.15, -0.1) is 0 Å². The predicted octanol–water partition coefficient (Wildman–Crippen LogP) is 4.41. The molecule has 0 aromatic rings. The van der Waals surface area contributed by atoms with E-state index in [1.54, 1.807) is 0 Å². The van der Waals surface area contributed by atoms with Crippen LogP contribution in [0, 0.1) is 5.92 Å². The maximum atomic E-state index is 12.5. The van der Waals surface area contributed by atoms with Crippen molar-refractivity contribution in [3.8, 4) is 0 Å². The van der Waals surface area contributed by atoms with E-state index in [9.17, 15) is 9.90 Å². The number of aliphatic hydroxyl groups excluding tert-OH is 1. The molecule has 0 radical (unpaired) electrons. The standard InChI is InChI=1S/C19H39NO4Si/c1-18(2,3)24-17(22)20-12-9-10-16(20)15(11-13-21)14-23-25(7,8)19(4,5)6/h15-16,21H,9-14H2,1-8H3/t15-,16-/m0/s1. The first kappa shape index (κ1) is 22.4. The third-order valence-electron chi connectivity index (χ3n) is 5.44. The fourth-order valence-electron chi connectivity index (χ4n) is 2.91. The molecule has 1 fully saturated rings. The molecule has 0 aliphatic carbocycles. The average molecular weight is 374 g/mol. The topological polar surface area (TPSA) is 59.0 Å². The molecule has 1 saturated heterocycles. The second-order valence-electron chi connectivity index (χ2n) is 9.73. The Bertz CT molecular complexity index is 440. The van der Waals surface area contributed by atoms with E-state index in [4.69, 9.17) is 9.16 Å². The number of carbonyl (C=O) groups excluding carboxylic acids is 1. The molecule has 148 valence electrons. The van der Waals surface area contributed by atoms with Crippen LogP contribution in [0.2, 0.25) is 18.1 Å². The molecular weight excluding hydrogens is 334 g/mol. The summed E-state index contributed by atoms with van der Waals surface area (Å²) in [6.45, 7) is 18.3. The van der Waals surface area contributed by atoms with E-state index in [0.29, 0.717) is 13.0 Å². The van der Waals surface area contributed by atoms with E-state index in [-0.39, 0.29) is 29.7 Å². The Hall–Kier alpha value is -0.593. The van der Waals surface area contributed by atoms with E-state index in [1.807, 2.05) is 25.7 Å². The van der Waals surface area contributed by atoms with E-state index >= 15 is 0 Å². The maximum Gasteiger partial charge on any atom is 0.410 e. The summed E-state index contributed by atoms with van der Waals surface area (Å²) in [5.41, 5.74) is -0.492. The molecule has 5 nitrogen and oxygen atoms in total. The van der Waals surface area contributed by atoms with Crippen LogP contribution in [0.4, 0.5) is 4.79 Å². The molecule has 1 rings (SSSR count). The summed E-state index contributed by atoms with van der Waals surface area (Å²) in [6, 6.07) is 0.0896. The molecular formula is C19H39NO4Si. The van der Waals surface area contributed by atoms with Gasteiger partial charge in [0.25, 0.3) is 0 Å². The number of ether oxygens (including phenoxy) is 1. The summed E-state index contributed by atoms with van der Waals surface area (Å²) in [5.74, 6) is 0.147. The zero-order valence-corrected chi connectivity index (χ0v) is 18.5. The van der Waals surface area contributed by atoms with Gasteiger partial charge in [0.05, 0.1) is 0 Å². The van der Waals surface area contributed by atoms with Gasteiger partial charge in [0.15, 0.2) is 8.32 Å². The lowest BCUT2D eigenvalue weighted by Gasteiger charge is -2.39. The number of hydrogen-bond donors (Lipinski definition) is 1. The first-order valence-corrected chi connectivity index (χ1v) is 12.4. The quantitative estimate of drug-likeness (QED) is 0.701. The molecule has 25 heavy (non-hydrogen) atoms. The van der Waals surface area contributed by atoms with Crippen LogP contribution in [-0.4, -0.2) is 55.8 Å². The van der Waals surface area contributed by atoms with Crippen LogP contribution < -0.4 is 0 Å². The Labute approximate surface area is 155 Å². The molecule has 1 aliphatic heterocycles. The molecule has 0 spiro atoms. The van der Waals surface area contributed by atoms with Gasteiger partial charge in [-0.25, -0.2) is 4.79 Å². The zero-order chi connectivity index (χ0) is 19.5. The SMILES string of the molecule is CC(C)(C)OC(=O)N1CCC[C@H]1[C@@H](CCO)CO[Si](C)(C)C(C)(C)C. The van der Waals surface area contributed by atoms with Gasteiger partial charge in [-0.1, -0.05) is 20.8 Å². The van der Waals surface area contributed by atoms with Crippen LogP contribution in [0.3, 0.4) is 0 Å². The van der Waals surface area contributed by atoms with Gasteiger partial charge < -0.3 is 19.2 Å². The molecule has 2 atom stereocenters. The molecule has 0 aromatic carbocycles. The van der Waals surface area contributed by atoms with Crippen LogP contribution in [0.5, 0.6) is 0 Å². The Morgan fingerprint density at radius 3 is 2.32 bits per heavy atom. The highest BCUT2D eigenvalue weighted by Gasteiger charge is 2.41. The lowest BCUT2D eigenvalue weighted by atomic mass is 9.95. The summed E-state index contributed by atoms with van der Waals surface area (Å²) in [6.07, 6.45) is 2.33. The predicted molar refractivity (Wildman–Crippen MR) is 104 cm³/mol. The van der Waals surface area contributed by atoms with Gasteiger partial charge in [-0.05, 0) is 58.2 Å². The first-order chi connectivity index (χ1) is 11.3. The number of amides is 1. The van der Waals surface area contributed by atoms with Gasteiger partial charge in [0.1, 0.15) is 5.60 Å². The van der Waals surface area contributed by atoms with E-state index < -0.39 is 13.9 Å². The van der Waals surface area contributed by atoms with Gasteiger partial charge in [-0.3, -0.25) is 0 Å². The van der Waals surface area contributed by atoms with Crippen molar-refractivity contribution in [2.24, 2.45) is 5.92 Å². The van der Waals surface area contributed by atoms with Crippen molar-refractivity contribution in [1.82, 2.24) is 4.90 Å². The third-order valence-corrected chi connectivity index (χ3v) is 9.94. The monoisotopic (exact) mass is 373 g/mol. The molecule has 1 heterocycles. The van der Waals surface area contributed by atoms with E-state index in [0.717, 1.165) is 19.4 Å². The molecule has 0 bridgehead atoms. The van der Waals surface area contributed by atoms with Crippen LogP contribution in [0.1, 0.15) is 60.8 Å². The minimum absolute atomic E-state index is 0.0896. The van der Waals surface area contributed by atoms with Gasteiger partial charge in [0.2, 0.25) is 0 Å². The number of carbonyl (C=O) groups is 1. The zero-order valence-electron chi connectivity index (χ0n) is 17.5. The molecule has 0 unspecified atom stereocenters. The number of hydrogen-bond acceptors (Lipinski definition) is 4. The Kier molecular flexibility index (Phi) is 7.54. The van der Waals surface area contributed by atoms with Crippen molar-refractivity contribution in [3.05, 3.63) is 0 Å². The fourth-order valence-corrected chi connectivity index (χ4v) is 3.98. The number of aliphatic hydroxyl groups is 1. The lowest BCUT2D eigenvalue weighted by molar-refractivity contribution is 0.0128. The summed E-state index contributed by atoms with van der Waals surface area (Å²) in [7, 11) is -1.85. The summed E-state index contributed by atoms with van der Waals surface area (Å²) >= 11 is 0. The minimum Gasteiger partial charge on any atom is -0.444 e.